The SMILES string of the molecule is NCC1(c2ccc(F)cc2C(F)(F)F)CC1(F)F. The molecule has 1 aliphatic carbocycles. The van der Waals surface area contributed by atoms with Gasteiger partial charge in [-0.1, -0.05) is 6.07 Å². The number of alkyl halides is 5. The van der Waals surface area contributed by atoms with Gasteiger partial charge in [0, 0.05) is 13.0 Å². The van der Waals surface area contributed by atoms with E-state index in [0.29, 0.717) is 0 Å². The summed E-state index contributed by atoms with van der Waals surface area (Å²) in [7, 11) is 0. The molecular formula is C11H9F6N. The van der Waals surface area contributed by atoms with Gasteiger partial charge in [0.25, 0.3) is 5.92 Å². The van der Waals surface area contributed by atoms with Crippen molar-refractivity contribution < 1.29 is 26.3 Å². The highest BCUT2D eigenvalue weighted by Crippen LogP contribution is 2.62. The molecule has 0 aromatic heterocycles. The minimum atomic E-state index is -4.89. The molecule has 1 atom stereocenters. The number of benzene rings is 1. The van der Waals surface area contributed by atoms with E-state index in [4.69, 9.17) is 5.73 Å². The first-order chi connectivity index (χ1) is 8.14. The average molecular weight is 269 g/mol. The Labute approximate surface area is 98.6 Å². The zero-order chi connectivity index (χ0) is 13.8. The van der Waals surface area contributed by atoms with Gasteiger partial charge in [0.1, 0.15) is 5.82 Å². The Morgan fingerprint density at radius 3 is 2.17 bits per heavy atom. The number of rotatable bonds is 2. The predicted molar refractivity (Wildman–Crippen MR) is 51.7 cm³/mol. The van der Waals surface area contributed by atoms with E-state index in [0.717, 1.165) is 12.1 Å². The van der Waals surface area contributed by atoms with Gasteiger partial charge in [-0.15, -0.1) is 0 Å². The lowest BCUT2D eigenvalue weighted by molar-refractivity contribution is -0.138. The molecule has 2 rings (SSSR count). The molecule has 18 heavy (non-hydrogen) atoms. The number of nitrogens with two attached hydrogens (primary N) is 1. The summed E-state index contributed by atoms with van der Waals surface area (Å²) >= 11 is 0. The molecule has 2 N–H and O–H groups in total. The highest BCUT2D eigenvalue weighted by atomic mass is 19.4. The van der Waals surface area contributed by atoms with E-state index in [1.807, 2.05) is 0 Å². The first-order valence-electron chi connectivity index (χ1n) is 5.09. The van der Waals surface area contributed by atoms with Crippen LogP contribution in [-0.2, 0) is 11.6 Å². The molecule has 1 fully saturated rings. The summed E-state index contributed by atoms with van der Waals surface area (Å²) in [4.78, 5) is 0. The van der Waals surface area contributed by atoms with Crippen LogP contribution in [0.25, 0.3) is 0 Å². The maximum Gasteiger partial charge on any atom is 0.416 e. The van der Waals surface area contributed by atoms with Gasteiger partial charge >= 0.3 is 6.18 Å². The van der Waals surface area contributed by atoms with Crippen molar-refractivity contribution in [1.82, 2.24) is 0 Å². The second kappa shape index (κ2) is 3.63. The van der Waals surface area contributed by atoms with Crippen LogP contribution in [0.1, 0.15) is 17.5 Å². The van der Waals surface area contributed by atoms with Crippen molar-refractivity contribution in [3.8, 4) is 0 Å². The third-order valence-corrected chi connectivity index (χ3v) is 3.25. The lowest BCUT2D eigenvalue weighted by atomic mass is 9.90. The van der Waals surface area contributed by atoms with Crippen LogP contribution in [-0.4, -0.2) is 12.5 Å². The summed E-state index contributed by atoms with van der Waals surface area (Å²) in [5, 5.41) is 0. The fourth-order valence-corrected chi connectivity index (χ4v) is 2.13. The van der Waals surface area contributed by atoms with E-state index in [1.165, 1.54) is 0 Å². The zero-order valence-electron chi connectivity index (χ0n) is 8.99. The standard InChI is InChI=1S/C11H9F6N/c12-6-1-2-7(8(3-6)11(15,16)17)9(5-18)4-10(9,13)14/h1-3H,4-5,18H2. The molecule has 0 aliphatic heterocycles. The molecule has 1 nitrogen and oxygen atoms in total. The molecule has 1 unspecified atom stereocenters. The first kappa shape index (κ1) is 13.2. The van der Waals surface area contributed by atoms with Gasteiger partial charge < -0.3 is 5.73 Å². The van der Waals surface area contributed by atoms with Crippen molar-refractivity contribution in [2.45, 2.75) is 23.9 Å². The lowest BCUT2D eigenvalue weighted by Crippen LogP contribution is -2.29. The van der Waals surface area contributed by atoms with E-state index in [9.17, 15) is 26.3 Å². The maximum atomic E-state index is 13.3. The minimum Gasteiger partial charge on any atom is -0.329 e. The molecule has 7 heteroatoms. The van der Waals surface area contributed by atoms with Crippen LogP contribution in [0.3, 0.4) is 0 Å². The second-order valence-electron chi connectivity index (χ2n) is 4.36. The molecule has 1 aliphatic rings. The van der Waals surface area contributed by atoms with Gasteiger partial charge in [0.2, 0.25) is 0 Å². The monoisotopic (exact) mass is 269 g/mol. The smallest absolute Gasteiger partial charge is 0.329 e. The molecule has 0 radical (unpaired) electrons. The quantitative estimate of drug-likeness (QED) is 0.820. The molecule has 0 amide bonds. The van der Waals surface area contributed by atoms with Gasteiger partial charge in [0.15, 0.2) is 0 Å². The van der Waals surface area contributed by atoms with Crippen molar-refractivity contribution in [3.05, 3.63) is 35.1 Å². The summed E-state index contributed by atoms with van der Waals surface area (Å²) in [6.45, 7) is -0.616. The van der Waals surface area contributed by atoms with Crippen molar-refractivity contribution in [3.63, 3.8) is 0 Å². The van der Waals surface area contributed by atoms with E-state index < -0.39 is 47.4 Å². The van der Waals surface area contributed by atoms with Gasteiger partial charge in [-0.3, -0.25) is 0 Å². The zero-order valence-corrected chi connectivity index (χ0v) is 8.99. The first-order valence-corrected chi connectivity index (χ1v) is 5.09. The Morgan fingerprint density at radius 2 is 1.78 bits per heavy atom. The van der Waals surface area contributed by atoms with Gasteiger partial charge in [0.05, 0.1) is 11.0 Å². The fraction of sp³-hybridized carbons (Fsp3) is 0.455. The van der Waals surface area contributed by atoms with E-state index in [-0.39, 0.29) is 6.07 Å². The summed E-state index contributed by atoms with van der Waals surface area (Å²) in [5.74, 6) is -4.40. The van der Waals surface area contributed by atoms with Gasteiger partial charge in [-0.2, -0.15) is 13.2 Å². The van der Waals surface area contributed by atoms with Crippen LogP contribution in [0.5, 0.6) is 0 Å². The lowest BCUT2D eigenvalue weighted by Gasteiger charge is -2.20. The maximum absolute atomic E-state index is 13.3. The largest absolute Gasteiger partial charge is 0.416 e. The van der Waals surface area contributed by atoms with Crippen LogP contribution < -0.4 is 5.73 Å². The Hall–Kier alpha value is -1.24. The van der Waals surface area contributed by atoms with Crippen molar-refractivity contribution in [2.75, 3.05) is 6.54 Å². The van der Waals surface area contributed by atoms with Gasteiger partial charge in [-0.25, -0.2) is 13.2 Å². The molecule has 0 spiro atoms. The normalized spacial score (nSPS) is 26.2. The Balaban J connectivity index is 2.59. The second-order valence-corrected chi connectivity index (χ2v) is 4.36. The van der Waals surface area contributed by atoms with Crippen molar-refractivity contribution in [2.24, 2.45) is 5.73 Å². The summed E-state index contributed by atoms with van der Waals surface area (Å²) in [6.07, 6.45) is -5.64. The average Bonchev–Trinajstić information content (AvgIpc) is 2.81. The number of hydrogen-bond acceptors (Lipinski definition) is 1. The molecule has 0 heterocycles. The van der Waals surface area contributed by atoms with Crippen LogP contribution in [0.15, 0.2) is 18.2 Å². The van der Waals surface area contributed by atoms with E-state index in [1.54, 1.807) is 0 Å². The van der Waals surface area contributed by atoms with E-state index >= 15 is 0 Å². The predicted octanol–water partition coefficient (Wildman–Crippen LogP) is 3.08. The molecule has 100 valence electrons. The van der Waals surface area contributed by atoms with Gasteiger partial charge in [-0.05, 0) is 17.7 Å². The molecule has 1 saturated carbocycles. The Morgan fingerprint density at radius 1 is 1.22 bits per heavy atom. The number of hydrogen-bond donors (Lipinski definition) is 1. The third kappa shape index (κ3) is 1.77. The number of halogens is 6. The van der Waals surface area contributed by atoms with Crippen LogP contribution in [0.4, 0.5) is 26.3 Å². The van der Waals surface area contributed by atoms with Crippen LogP contribution in [0, 0.1) is 5.82 Å². The highest BCUT2D eigenvalue weighted by molar-refractivity contribution is 5.45. The Bertz CT molecular complexity index is 481. The molecule has 1 aromatic carbocycles. The molecular weight excluding hydrogens is 260 g/mol. The van der Waals surface area contributed by atoms with Crippen LogP contribution >= 0.6 is 0 Å². The summed E-state index contributed by atoms with van der Waals surface area (Å²) in [6, 6.07) is 1.70. The fourth-order valence-electron chi connectivity index (χ4n) is 2.13. The highest BCUT2D eigenvalue weighted by Gasteiger charge is 2.72. The van der Waals surface area contributed by atoms with Crippen LogP contribution in [0.2, 0.25) is 0 Å². The molecule has 1 aromatic rings. The van der Waals surface area contributed by atoms with E-state index in [2.05, 4.69) is 0 Å². The van der Waals surface area contributed by atoms with Crippen molar-refractivity contribution in [1.29, 1.82) is 0 Å². The topological polar surface area (TPSA) is 26.0 Å². The molecule has 0 saturated heterocycles. The Kier molecular flexibility index (Phi) is 2.66. The minimum absolute atomic E-state index is 0.223. The van der Waals surface area contributed by atoms with Crippen molar-refractivity contribution >= 4 is 0 Å². The summed E-state index contributed by atoms with van der Waals surface area (Å²) < 4.78 is 77.6. The molecule has 0 bridgehead atoms. The summed E-state index contributed by atoms with van der Waals surface area (Å²) in [5.41, 5.74) is 1.14. The third-order valence-electron chi connectivity index (χ3n) is 3.25.